The van der Waals surface area contributed by atoms with Crippen LogP contribution in [0.25, 0.3) is 0 Å². The van der Waals surface area contributed by atoms with Crippen molar-refractivity contribution in [1.82, 2.24) is 9.97 Å². The predicted molar refractivity (Wildman–Crippen MR) is 119 cm³/mol. The molecule has 0 saturated heterocycles. The van der Waals surface area contributed by atoms with Crippen LogP contribution in [0, 0.1) is 0 Å². The fourth-order valence-corrected chi connectivity index (χ4v) is 4.93. The van der Waals surface area contributed by atoms with Gasteiger partial charge in [0, 0.05) is 12.7 Å². The number of aryl methyl sites for hydroxylation is 1. The van der Waals surface area contributed by atoms with Crippen LogP contribution >= 0.6 is 11.3 Å². The number of benzene rings is 1. The number of carbonyl (C=O) groups excluding carboxylic acids is 1. The van der Waals surface area contributed by atoms with Gasteiger partial charge in [-0.2, -0.15) is 4.98 Å². The third-order valence-corrected chi connectivity index (χ3v) is 6.48. The van der Waals surface area contributed by atoms with E-state index in [0.717, 1.165) is 29.7 Å². The van der Waals surface area contributed by atoms with Gasteiger partial charge in [-0.05, 0) is 67.7 Å². The number of rotatable bonds is 6. The normalized spacial score (nSPS) is 14.1. The van der Waals surface area contributed by atoms with Crippen LogP contribution in [0.15, 0.2) is 48.0 Å². The number of amides is 1. The number of aromatic nitrogens is 2. The van der Waals surface area contributed by atoms with Crippen molar-refractivity contribution in [3.05, 3.63) is 69.5 Å². The summed E-state index contributed by atoms with van der Waals surface area (Å²) in [5.41, 5.74) is 3.76. The summed E-state index contributed by atoms with van der Waals surface area (Å²) in [5, 5.41) is 5.50. The molecule has 1 N–H and O–H groups in total. The van der Waals surface area contributed by atoms with E-state index in [9.17, 15) is 4.79 Å². The van der Waals surface area contributed by atoms with E-state index in [0.29, 0.717) is 18.3 Å². The summed E-state index contributed by atoms with van der Waals surface area (Å²) in [6, 6.07) is 12.1. The highest BCUT2D eigenvalue weighted by Gasteiger charge is 2.25. The molecule has 1 aliphatic carbocycles. The molecule has 1 aromatic carbocycles. The lowest BCUT2D eigenvalue weighted by molar-refractivity contribution is 0.0990. The zero-order valence-electron chi connectivity index (χ0n) is 16.9. The fraction of sp³-hybridized carbons (Fsp3) is 0.348. The number of nitrogens with one attached hydrogen (secondary N) is 1. The number of hydrogen-bond acceptors (Lipinski definition) is 5. The number of carbonyl (C=O) groups is 1. The largest absolute Gasteiger partial charge is 0.348 e. The van der Waals surface area contributed by atoms with Crippen molar-refractivity contribution in [3.63, 3.8) is 0 Å². The van der Waals surface area contributed by atoms with Gasteiger partial charge in [0.25, 0.3) is 5.91 Å². The average Bonchev–Trinajstić information content (AvgIpc) is 3.19. The average molecular weight is 407 g/mol. The van der Waals surface area contributed by atoms with Crippen LogP contribution in [0.5, 0.6) is 0 Å². The molecule has 1 amide bonds. The first-order valence-corrected chi connectivity index (χ1v) is 11.1. The second-order valence-electron chi connectivity index (χ2n) is 7.34. The van der Waals surface area contributed by atoms with Crippen molar-refractivity contribution >= 4 is 29.0 Å². The van der Waals surface area contributed by atoms with Crippen molar-refractivity contribution in [3.8, 4) is 0 Å². The second kappa shape index (κ2) is 8.74. The number of fused-ring (bicyclic) bond motifs is 1. The van der Waals surface area contributed by atoms with E-state index in [4.69, 9.17) is 0 Å². The van der Waals surface area contributed by atoms with Gasteiger partial charge in [-0.15, -0.1) is 11.3 Å². The van der Waals surface area contributed by atoms with Crippen LogP contribution in [0.3, 0.4) is 0 Å². The van der Waals surface area contributed by atoms with Gasteiger partial charge in [-0.1, -0.05) is 30.3 Å². The summed E-state index contributed by atoms with van der Waals surface area (Å²) in [7, 11) is 0. The van der Waals surface area contributed by atoms with E-state index < -0.39 is 0 Å². The lowest BCUT2D eigenvalue weighted by Gasteiger charge is -2.22. The fourth-order valence-electron chi connectivity index (χ4n) is 3.82. The van der Waals surface area contributed by atoms with Gasteiger partial charge in [-0.25, -0.2) is 4.98 Å². The van der Waals surface area contributed by atoms with Crippen molar-refractivity contribution in [2.24, 2.45) is 0 Å². The maximum atomic E-state index is 13.3. The SMILES string of the molecule is CCN(C(=O)c1scc2c1CCCC2)c1ccnc(N[C@H](C)c2ccccc2)n1. The minimum Gasteiger partial charge on any atom is -0.348 e. The van der Waals surface area contributed by atoms with Crippen LogP contribution in [0.4, 0.5) is 11.8 Å². The molecule has 0 saturated carbocycles. The third-order valence-electron chi connectivity index (χ3n) is 5.42. The monoisotopic (exact) mass is 406 g/mol. The molecular formula is C23H26N4OS. The van der Waals surface area contributed by atoms with Crippen LogP contribution < -0.4 is 10.2 Å². The summed E-state index contributed by atoms with van der Waals surface area (Å²) in [5.74, 6) is 1.20. The van der Waals surface area contributed by atoms with E-state index in [2.05, 4.69) is 39.7 Å². The Balaban J connectivity index is 1.56. The minimum absolute atomic E-state index is 0.0430. The van der Waals surface area contributed by atoms with Gasteiger partial charge in [0.05, 0.1) is 10.9 Å². The molecule has 150 valence electrons. The van der Waals surface area contributed by atoms with Gasteiger partial charge >= 0.3 is 0 Å². The Morgan fingerprint density at radius 1 is 1.21 bits per heavy atom. The molecule has 3 aromatic rings. The summed E-state index contributed by atoms with van der Waals surface area (Å²) in [4.78, 5) is 24.9. The molecule has 0 aliphatic heterocycles. The number of hydrogen-bond donors (Lipinski definition) is 1. The molecule has 29 heavy (non-hydrogen) atoms. The van der Waals surface area contributed by atoms with E-state index in [-0.39, 0.29) is 11.9 Å². The zero-order chi connectivity index (χ0) is 20.2. The number of nitrogens with zero attached hydrogens (tertiary/aromatic N) is 3. The first-order chi connectivity index (χ1) is 14.2. The Morgan fingerprint density at radius 2 is 2.00 bits per heavy atom. The molecule has 5 nitrogen and oxygen atoms in total. The number of thiophene rings is 1. The molecule has 0 fully saturated rings. The highest BCUT2D eigenvalue weighted by atomic mass is 32.1. The second-order valence-corrected chi connectivity index (χ2v) is 8.22. The van der Waals surface area contributed by atoms with Crippen LogP contribution in [-0.4, -0.2) is 22.4 Å². The summed E-state index contributed by atoms with van der Waals surface area (Å²) >= 11 is 1.57. The van der Waals surface area contributed by atoms with Gasteiger partial charge in [0.1, 0.15) is 5.82 Å². The maximum Gasteiger partial charge on any atom is 0.269 e. The standard InChI is InChI=1S/C23H26N4OS/c1-3-27(22(28)21-19-12-8-7-11-18(19)15-29-21)20-13-14-24-23(26-20)25-16(2)17-9-5-4-6-10-17/h4-6,9-10,13-16H,3,7-8,11-12H2,1-2H3,(H,24,25,26)/t16-/m1/s1. The molecule has 1 aliphatic rings. The summed E-state index contributed by atoms with van der Waals surface area (Å²) < 4.78 is 0. The van der Waals surface area contributed by atoms with E-state index in [1.807, 2.05) is 25.1 Å². The lowest BCUT2D eigenvalue weighted by atomic mass is 9.93. The van der Waals surface area contributed by atoms with Gasteiger partial charge in [0.15, 0.2) is 0 Å². The number of anilines is 2. The van der Waals surface area contributed by atoms with Crippen molar-refractivity contribution in [2.45, 2.75) is 45.6 Å². The lowest BCUT2D eigenvalue weighted by Crippen LogP contribution is -2.32. The van der Waals surface area contributed by atoms with Crippen LogP contribution in [0.1, 0.15) is 59.1 Å². The van der Waals surface area contributed by atoms with Crippen molar-refractivity contribution in [1.29, 1.82) is 0 Å². The molecule has 0 bridgehead atoms. The first kappa shape index (κ1) is 19.6. The summed E-state index contributed by atoms with van der Waals surface area (Å²) in [6.45, 7) is 4.63. The minimum atomic E-state index is 0.0430. The van der Waals surface area contributed by atoms with Gasteiger partial charge in [-0.3, -0.25) is 9.69 Å². The predicted octanol–water partition coefficient (Wildman–Crippen LogP) is 5.26. The van der Waals surface area contributed by atoms with E-state index in [1.54, 1.807) is 28.5 Å². The highest BCUT2D eigenvalue weighted by Crippen LogP contribution is 2.31. The maximum absolute atomic E-state index is 13.3. The molecule has 2 heterocycles. The first-order valence-electron chi connectivity index (χ1n) is 10.2. The summed E-state index contributed by atoms with van der Waals surface area (Å²) in [6.07, 6.45) is 6.18. The Morgan fingerprint density at radius 3 is 2.79 bits per heavy atom. The smallest absolute Gasteiger partial charge is 0.269 e. The Hall–Kier alpha value is -2.73. The topological polar surface area (TPSA) is 58.1 Å². The van der Waals surface area contributed by atoms with Crippen molar-refractivity contribution in [2.75, 3.05) is 16.8 Å². The molecule has 0 radical (unpaired) electrons. The van der Waals surface area contributed by atoms with Gasteiger partial charge in [0.2, 0.25) is 5.95 Å². The Kier molecular flexibility index (Phi) is 5.90. The van der Waals surface area contributed by atoms with Crippen molar-refractivity contribution < 1.29 is 4.79 Å². The molecule has 0 unspecified atom stereocenters. The zero-order valence-corrected chi connectivity index (χ0v) is 17.7. The Bertz CT molecular complexity index is 986. The highest BCUT2D eigenvalue weighted by molar-refractivity contribution is 7.12. The Labute approximate surface area is 175 Å². The molecule has 1 atom stereocenters. The third kappa shape index (κ3) is 4.17. The molecular weight excluding hydrogens is 380 g/mol. The molecule has 0 spiro atoms. The molecule has 6 heteroatoms. The quantitative estimate of drug-likeness (QED) is 0.607. The van der Waals surface area contributed by atoms with Crippen LogP contribution in [0.2, 0.25) is 0 Å². The molecule has 4 rings (SSSR count). The van der Waals surface area contributed by atoms with Crippen LogP contribution in [-0.2, 0) is 12.8 Å². The van der Waals surface area contributed by atoms with Gasteiger partial charge < -0.3 is 5.32 Å². The molecule has 2 aromatic heterocycles. The van der Waals surface area contributed by atoms with E-state index in [1.165, 1.54) is 17.5 Å². The van der Waals surface area contributed by atoms with E-state index >= 15 is 0 Å².